The molecule has 1 unspecified atom stereocenters. The van der Waals surface area contributed by atoms with E-state index in [1.165, 1.54) is 31.2 Å². The highest BCUT2D eigenvalue weighted by Crippen LogP contribution is 2.33. The van der Waals surface area contributed by atoms with Crippen molar-refractivity contribution in [2.45, 2.75) is 52.0 Å². The highest BCUT2D eigenvalue weighted by Gasteiger charge is 2.25. The fourth-order valence-electron chi connectivity index (χ4n) is 3.09. The van der Waals surface area contributed by atoms with E-state index >= 15 is 0 Å². The lowest BCUT2D eigenvalue weighted by Crippen LogP contribution is -2.33. The molecule has 1 aromatic heterocycles. The van der Waals surface area contributed by atoms with E-state index < -0.39 is 0 Å². The number of pyridine rings is 1. The minimum atomic E-state index is 0.574. The third kappa shape index (κ3) is 4.88. The van der Waals surface area contributed by atoms with Gasteiger partial charge in [0.05, 0.1) is 0 Å². The van der Waals surface area contributed by atoms with E-state index in [1.54, 1.807) is 0 Å². The van der Waals surface area contributed by atoms with Crippen LogP contribution in [0.15, 0.2) is 22.9 Å². The first-order valence-electron chi connectivity index (χ1n) is 7.48. The molecule has 3 heteroatoms. The van der Waals surface area contributed by atoms with Gasteiger partial charge in [-0.05, 0) is 52.4 Å². The van der Waals surface area contributed by atoms with Gasteiger partial charge in [-0.2, -0.15) is 0 Å². The summed E-state index contributed by atoms with van der Waals surface area (Å²) in [6.45, 7) is 5.59. The summed E-state index contributed by atoms with van der Waals surface area (Å²) in [6, 6.07) is 2.79. The molecule has 1 N–H and O–H groups in total. The molecule has 106 valence electrons. The summed E-state index contributed by atoms with van der Waals surface area (Å²) in [4.78, 5) is 4.29. The third-order valence-corrected chi connectivity index (χ3v) is 4.55. The van der Waals surface area contributed by atoms with Gasteiger partial charge in [0.25, 0.3) is 0 Å². The zero-order chi connectivity index (χ0) is 13.7. The smallest absolute Gasteiger partial charge is 0.0410 e. The minimum Gasteiger partial charge on any atom is -0.314 e. The second-order valence-electron chi connectivity index (χ2n) is 6.08. The lowest BCUT2D eigenvalue weighted by Gasteiger charge is -2.25. The van der Waals surface area contributed by atoms with Gasteiger partial charge in [0, 0.05) is 22.9 Å². The summed E-state index contributed by atoms with van der Waals surface area (Å²) in [5, 5.41) is 3.63. The van der Waals surface area contributed by atoms with E-state index in [2.05, 4.69) is 46.1 Å². The Bertz CT molecular complexity index is 386. The number of hydrogen-bond donors (Lipinski definition) is 1. The monoisotopic (exact) mass is 324 g/mol. The van der Waals surface area contributed by atoms with Crippen molar-refractivity contribution in [2.75, 3.05) is 6.54 Å². The van der Waals surface area contributed by atoms with Crippen LogP contribution in [-0.4, -0.2) is 17.6 Å². The molecule has 0 radical (unpaired) electrons. The highest BCUT2D eigenvalue weighted by atomic mass is 79.9. The van der Waals surface area contributed by atoms with Crippen LogP contribution >= 0.6 is 15.9 Å². The molecular formula is C16H25BrN2. The minimum absolute atomic E-state index is 0.574. The van der Waals surface area contributed by atoms with Crippen LogP contribution < -0.4 is 5.32 Å². The van der Waals surface area contributed by atoms with Crippen molar-refractivity contribution in [1.29, 1.82) is 0 Å². The number of halogens is 1. The van der Waals surface area contributed by atoms with Crippen LogP contribution in [0.2, 0.25) is 0 Å². The van der Waals surface area contributed by atoms with E-state index in [-0.39, 0.29) is 0 Å². The van der Waals surface area contributed by atoms with Gasteiger partial charge in [-0.15, -0.1) is 0 Å². The maximum Gasteiger partial charge on any atom is 0.0410 e. The second kappa shape index (κ2) is 7.39. The fourth-order valence-corrected chi connectivity index (χ4v) is 3.50. The summed E-state index contributed by atoms with van der Waals surface area (Å²) < 4.78 is 1.09. The molecule has 19 heavy (non-hydrogen) atoms. The van der Waals surface area contributed by atoms with Gasteiger partial charge < -0.3 is 5.32 Å². The molecule has 2 rings (SSSR count). The highest BCUT2D eigenvalue weighted by molar-refractivity contribution is 9.10. The van der Waals surface area contributed by atoms with Crippen LogP contribution in [0.4, 0.5) is 0 Å². The van der Waals surface area contributed by atoms with Gasteiger partial charge in [0.1, 0.15) is 0 Å². The molecule has 1 saturated carbocycles. The summed E-state index contributed by atoms with van der Waals surface area (Å²) in [5.41, 5.74) is 1.36. The number of aromatic nitrogens is 1. The van der Waals surface area contributed by atoms with Gasteiger partial charge in [0.2, 0.25) is 0 Å². The van der Waals surface area contributed by atoms with Gasteiger partial charge in [-0.1, -0.05) is 39.5 Å². The second-order valence-corrected chi connectivity index (χ2v) is 7.00. The molecule has 1 heterocycles. The average Bonchev–Trinajstić information content (AvgIpc) is 2.88. The molecule has 1 aliphatic carbocycles. The molecule has 1 aromatic rings. The van der Waals surface area contributed by atoms with Crippen molar-refractivity contribution in [3.05, 3.63) is 28.5 Å². The Balaban J connectivity index is 1.99. The summed E-state index contributed by atoms with van der Waals surface area (Å²) in [7, 11) is 0. The van der Waals surface area contributed by atoms with E-state index in [0.29, 0.717) is 6.04 Å². The van der Waals surface area contributed by atoms with E-state index in [4.69, 9.17) is 0 Å². The van der Waals surface area contributed by atoms with Crippen molar-refractivity contribution < 1.29 is 0 Å². The van der Waals surface area contributed by atoms with Gasteiger partial charge in [-0.3, -0.25) is 4.98 Å². The average molecular weight is 325 g/mol. The predicted molar refractivity (Wildman–Crippen MR) is 84.2 cm³/mol. The first-order chi connectivity index (χ1) is 9.15. The fraction of sp³-hybridized carbons (Fsp3) is 0.688. The molecule has 1 atom stereocenters. The Hall–Kier alpha value is -0.410. The van der Waals surface area contributed by atoms with Gasteiger partial charge in [-0.25, -0.2) is 0 Å². The first kappa shape index (κ1) is 15.0. The lowest BCUT2D eigenvalue weighted by molar-refractivity contribution is 0.312. The number of nitrogens with zero attached hydrogens (tertiary/aromatic N) is 1. The Morgan fingerprint density at radius 2 is 2.05 bits per heavy atom. The van der Waals surface area contributed by atoms with E-state index in [0.717, 1.165) is 29.3 Å². The SMILES string of the molecule is CC(C)NCC(Cc1cncc(Br)c1)C1CCCC1. The Morgan fingerprint density at radius 1 is 1.32 bits per heavy atom. The van der Waals surface area contributed by atoms with Crippen LogP contribution in [0.3, 0.4) is 0 Å². The van der Waals surface area contributed by atoms with Crippen LogP contribution in [0.1, 0.15) is 45.1 Å². The molecule has 0 bridgehead atoms. The summed E-state index contributed by atoms with van der Waals surface area (Å²) >= 11 is 3.52. The zero-order valence-corrected chi connectivity index (χ0v) is 13.6. The van der Waals surface area contributed by atoms with Crippen LogP contribution in [0.5, 0.6) is 0 Å². The van der Waals surface area contributed by atoms with Crippen molar-refractivity contribution >= 4 is 15.9 Å². The van der Waals surface area contributed by atoms with Crippen molar-refractivity contribution in [2.24, 2.45) is 11.8 Å². The normalized spacial score (nSPS) is 18.1. The number of nitrogens with one attached hydrogen (secondary N) is 1. The van der Waals surface area contributed by atoms with Crippen LogP contribution in [0, 0.1) is 11.8 Å². The van der Waals surface area contributed by atoms with Crippen molar-refractivity contribution in [1.82, 2.24) is 10.3 Å². The summed E-state index contributed by atoms with van der Waals surface area (Å²) in [5.74, 6) is 1.64. The predicted octanol–water partition coefficient (Wildman–Crippen LogP) is 4.19. The van der Waals surface area contributed by atoms with Crippen molar-refractivity contribution in [3.63, 3.8) is 0 Å². The molecule has 0 aliphatic heterocycles. The first-order valence-corrected chi connectivity index (χ1v) is 8.27. The van der Waals surface area contributed by atoms with E-state index in [1.807, 2.05) is 12.4 Å². The molecule has 1 aliphatic rings. The lowest BCUT2D eigenvalue weighted by atomic mass is 9.86. The zero-order valence-electron chi connectivity index (χ0n) is 12.0. The quantitative estimate of drug-likeness (QED) is 0.848. The number of hydrogen-bond acceptors (Lipinski definition) is 2. The molecule has 2 nitrogen and oxygen atoms in total. The number of rotatable bonds is 6. The Labute approximate surface area is 125 Å². The molecular weight excluding hydrogens is 300 g/mol. The molecule has 1 fully saturated rings. The van der Waals surface area contributed by atoms with Crippen LogP contribution in [0.25, 0.3) is 0 Å². The Morgan fingerprint density at radius 3 is 2.68 bits per heavy atom. The standard InChI is InChI=1S/C16H25BrN2/c1-12(2)19-10-15(14-5-3-4-6-14)7-13-8-16(17)11-18-9-13/h8-9,11-12,14-15,19H,3-7,10H2,1-2H3. The molecule has 0 saturated heterocycles. The van der Waals surface area contributed by atoms with Gasteiger partial charge in [0.15, 0.2) is 0 Å². The maximum atomic E-state index is 4.29. The largest absolute Gasteiger partial charge is 0.314 e. The van der Waals surface area contributed by atoms with Crippen LogP contribution in [-0.2, 0) is 6.42 Å². The van der Waals surface area contributed by atoms with Gasteiger partial charge >= 0.3 is 0 Å². The molecule has 0 aromatic carbocycles. The van der Waals surface area contributed by atoms with Crippen molar-refractivity contribution in [3.8, 4) is 0 Å². The van der Waals surface area contributed by atoms with E-state index in [9.17, 15) is 0 Å². The third-order valence-electron chi connectivity index (χ3n) is 4.11. The molecule has 0 amide bonds. The maximum absolute atomic E-state index is 4.29. The molecule has 0 spiro atoms. The topological polar surface area (TPSA) is 24.9 Å². The summed E-state index contributed by atoms with van der Waals surface area (Å²) in [6.07, 6.45) is 10.7. The Kier molecular flexibility index (Phi) is 5.83.